The summed E-state index contributed by atoms with van der Waals surface area (Å²) in [5, 5.41) is 3.46. The van der Waals surface area contributed by atoms with Crippen LogP contribution in [0, 0.1) is 6.92 Å². The van der Waals surface area contributed by atoms with Crippen LogP contribution in [0.4, 0.5) is 0 Å². The van der Waals surface area contributed by atoms with Gasteiger partial charge in [0, 0.05) is 25.3 Å². The number of nitrogens with zero attached hydrogens (tertiary/aromatic N) is 2. The van der Waals surface area contributed by atoms with Gasteiger partial charge in [-0.3, -0.25) is 9.36 Å². The molecule has 0 saturated heterocycles. The third-order valence-electron chi connectivity index (χ3n) is 3.27. The van der Waals surface area contributed by atoms with Crippen LogP contribution in [0.25, 0.3) is 0 Å². The van der Waals surface area contributed by atoms with Crippen molar-refractivity contribution in [3.05, 3.63) is 26.8 Å². The minimum Gasteiger partial charge on any atom is -0.312 e. The summed E-state index contributed by atoms with van der Waals surface area (Å²) in [4.78, 5) is 16.1. The number of unbranched alkanes of at least 4 members (excludes halogenated alkanes) is 2. The van der Waals surface area contributed by atoms with E-state index >= 15 is 0 Å². The lowest BCUT2D eigenvalue weighted by atomic mass is 10.1. The number of rotatable bonds is 8. The molecule has 108 valence electrons. The fraction of sp³-hybridized carbons (Fsp3) is 0.714. The average molecular weight is 330 g/mol. The minimum absolute atomic E-state index is 0.00654. The zero-order valence-electron chi connectivity index (χ0n) is 12.1. The van der Waals surface area contributed by atoms with Gasteiger partial charge in [-0.05, 0) is 36.2 Å². The smallest absolute Gasteiger partial charge is 0.267 e. The van der Waals surface area contributed by atoms with Gasteiger partial charge >= 0.3 is 0 Å². The highest BCUT2D eigenvalue weighted by Crippen LogP contribution is 2.03. The number of nitrogens with one attached hydrogen (secondary N) is 1. The molecule has 0 aromatic carbocycles. The van der Waals surface area contributed by atoms with Crippen molar-refractivity contribution in [3.63, 3.8) is 0 Å². The van der Waals surface area contributed by atoms with E-state index in [0.717, 1.165) is 12.4 Å². The first-order valence-corrected chi connectivity index (χ1v) is 7.80. The standard InChI is InChI=1S/C14H24BrN3O/c1-4-5-6-7-11(2)16-8-9-18-12(3)17-10-13(15)14(18)19/h10-11,16H,4-9H2,1-3H3. The molecule has 0 radical (unpaired) electrons. The number of hydrogen-bond donors (Lipinski definition) is 1. The Labute approximate surface area is 123 Å². The molecule has 5 heteroatoms. The Kier molecular flexibility index (Phi) is 7.31. The molecule has 0 saturated carbocycles. The Morgan fingerprint density at radius 2 is 2.21 bits per heavy atom. The van der Waals surface area contributed by atoms with Gasteiger partial charge in [-0.1, -0.05) is 26.2 Å². The van der Waals surface area contributed by atoms with Crippen LogP contribution in [0.15, 0.2) is 15.5 Å². The van der Waals surface area contributed by atoms with Crippen LogP contribution in [0.1, 0.15) is 45.4 Å². The molecule has 1 heterocycles. The molecule has 1 N–H and O–H groups in total. The van der Waals surface area contributed by atoms with Crippen LogP contribution in [0.2, 0.25) is 0 Å². The quantitative estimate of drug-likeness (QED) is 0.746. The second-order valence-electron chi connectivity index (χ2n) is 4.96. The lowest BCUT2D eigenvalue weighted by molar-refractivity contribution is 0.463. The van der Waals surface area contributed by atoms with E-state index in [1.807, 2.05) is 6.92 Å². The van der Waals surface area contributed by atoms with Crippen LogP contribution in [0.5, 0.6) is 0 Å². The Morgan fingerprint density at radius 1 is 1.47 bits per heavy atom. The normalized spacial score (nSPS) is 12.6. The molecule has 0 amide bonds. The van der Waals surface area contributed by atoms with Crippen LogP contribution in [-0.2, 0) is 6.54 Å². The van der Waals surface area contributed by atoms with Crippen molar-refractivity contribution < 1.29 is 0 Å². The monoisotopic (exact) mass is 329 g/mol. The summed E-state index contributed by atoms with van der Waals surface area (Å²) in [5.74, 6) is 0.758. The summed E-state index contributed by atoms with van der Waals surface area (Å²) in [6, 6.07) is 0.502. The van der Waals surface area contributed by atoms with E-state index in [0.29, 0.717) is 17.1 Å². The molecule has 0 spiro atoms. The maximum absolute atomic E-state index is 11.9. The maximum atomic E-state index is 11.9. The van der Waals surface area contributed by atoms with E-state index in [1.54, 1.807) is 10.8 Å². The molecule has 0 fully saturated rings. The van der Waals surface area contributed by atoms with E-state index in [-0.39, 0.29) is 5.56 Å². The lowest BCUT2D eigenvalue weighted by Crippen LogP contribution is -2.33. The molecular weight excluding hydrogens is 306 g/mol. The third-order valence-corrected chi connectivity index (χ3v) is 3.82. The van der Waals surface area contributed by atoms with Crippen molar-refractivity contribution >= 4 is 15.9 Å². The number of aromatic nitrogens is 2. The van der Waals surface area contributed by atoms with Crippen LogP contribution < -0.4 is 10.9 Å². The summed E-state index contributed by atoms with van der Waals surface area (Å²) in [6.07, 6.45) is 6.57. The SMILES string of the molecule is CCCCCC(C)NCCn1c(C)ncc(Br)c1=O. The molecule has 1 aromatic heterocycles. The average Bonchev–Trinajstić information content (AvgIpc) is 2.38. The zero-order chi connectivity index (χ0) is 14.3. The first-order valence-electron chi connectivity index (χ1n) is 7.01. The summed E-state index contributed by atoms with van der Waals surface area (Å²) in [5.41, 5.74) is -0.00654. The summed E-state index contributed by atoms with van der Waals surface area (Å²) < 4.78 is 2.23. The van der Waals surface area contributed by atoms with Gasteiger partial charge in [0.1, 0.15) is 10.3 Å². The van der Waals surface area contributed by atoms with E-state index < -0.39 is 0 Å². The van der Waals surface area contributed by atoms with Crippen LogP contribution in [-0.4, -0.2) is 22.1 Å². The van der Waals surface area contributed by atoms with Crippen LogP contribution >= 0.6 is 15.9 Å². The van der Waals surface area contributed by atoms with E-state index in [1.165, 1.54) is 25.7 Å². The third kappa shape index (κ3) is 5.45. The fourth-order valence-corrected chi connectivity index (χ4v) is 2.36. The molecule has 0 aliphatic carbocycles. The van der Waals surface area contributed by atoms with E-state index in [9.17, 15) is 4.79 Å². The van der Waals surface area contributed by atoms with Crippen molar-refractivity contribution in [3.8, 4) is 0 Å². The van der Waals surface area contributed by atoms with Gasteiger partial charge < -0.3 is 5.32 Å². The highest BCUT2D eigenvalue weighted by Gasteiger charge is 2.06. The molecule has 0 aliphatic heterocycles. The molecule has 4 nitrogen and oxygen atoms in total. The zero-order valence-corrected chi connectivity index (χ0v) is 13.7. The Hall–Kier alpha value is -0.680. The largest absolute Gasteiger partial charge is 0.312 e. The Morgan fingerprint density at radius 3 is 2.89 bits per heavy atom. The van der Waals surface area contributed by atoms with Crippen molar-refractivity contribution in [1.82, 2.24) is 14.9 Å². The van der Waals surface area contributed by atoms with Crippen molar-refractivity contribution in [2.75, 3.05) is 6.54 Å². The molecule has 0 bridgehead atoms. The molecular formula is C14H24BrN3O. The molecule has 1 rings (SSSR count). The van der Waals surface area contributed by atoms with Crippen molar-refractivity contribution in [2.45, 2.75) is 59.0 Å². The first kappa shape index (κ1) is 16.4. The maximum Gasteiger partial charge on any atom is 0.267 e. The molecule has 0 aliphatic rings. The molecule has 19 heavy (non-hydrogen) atoms. The van der Waals surface area contributed by atoms with Gasteiger partial charge in [0.15, 0.2) is 0 Å². The summed E-state index contributed by atoms with van der Waals surface area (Å²) in [7, 11) is 0. The highest BCUT2D eigenvalue weighted by molar-refractivity contribution is 9.10. The molecule has 1 atom stereocenters. The topological polar surface area (TPSA) is 46.9 Å². The van der Waals surface area contributed by atoms with Crippen LogP contribution in [0.3, 0.4) is 0 Å². The van der Waals surface area contributed by atoms with Gasteiger partial charge in [0.05, 0.1) is 0 Å². The lowest BCUT2D eigenvalue weighted by Gasteiger charge is -2.15. The Bertz CT molecular complexity index is 445. The van der Waals surface area contributed by atoms with Gasteiger partial charge in [0.25, 0.3) is 5.56 Å². The van der Waals surface area contributed by atoms with Gasteiger partial charge in [0.2, 0.25) is 0 Å². The van der Waals surface area contributed by atoms with Gasteiger partial charge in [-0.2, -0.15) is 0 Å². The fourth-order valence-electron chi connectivity index (χ4n) is 2.04. The summed E-state index contributed by atoms with van der Waals surface area (Å²) >= 11 is 3.23. The Balaban J connectivity index is 2.41. The molecule has 1 unspecified atom stereocenters. The first-order chi connectivity index (χ1) is 9.06. The van der Waals surface area contributed by atoms with Crippen molar-refractivity contribution in [1.29, 1.82) is 0 Å². The van der Waals surface area contributed by atoms with Gasteiger partial charge in [-0.25, -0.2) is 4.98 Å². The second kappa shape index (κ2) is 8.48. The van der Waals surface area contributed by atoms with Gasteiger partial charge in [-0.15, -0.1) is 0 Å². The van der Waals surface area contributed by atoms with E-state index in [2.05, 4.69) is 40.1 Å². The number of halogens is 1. The predicted octanol–water partition coefficient (Wildman–Crippen LogP) is 2.87. The number of hydrogen-bond acceptors (Lipinski definition) is 3. The summed E-state index contributed by atoms with van der Waals surface area (Å²) in [6.45, 7) is 7.73. The van der Waals surface area contributed by atoms with E-state index in [4.69, 9.17) is 0 Å². The second-order valence-corrected chi connectivity index (χ2v) is 5.82. The predicted molar refractivity (Wildman–Crippen MR) is 82.5 cm³/mol. The van der Waals surface area contributed by atoms with Crippen molar-refractivity contribution in [2.24, 2.45) is 0 Å². The molecule has 1 aromatic rings. The minimum atomic E-state index is -0.00654. The number of aryl methyl sites for hydroxylation is 1. The highest BCUT2D eigenvalue weighted by atomic mass is 79.9.